The summed E-state index contributed by atoms with van der Waals surface area (Å²) in [6.07, 6.45) is 0. The Labute approximate surface area is 113 Å². The molecule has 0 saturated carbocycles. The van der Waals surface area contributed by atoms with E-state index in [4.69, 9.17) is 10.5 Å². The number of nitrogens with one attached hydrogen (secondary N) is 1. The first-order chi connectivity index (χ1) is 9.19. The molecule has 1 aromatic carbocycles. The van der Waals surface area contributed by atoms with E-state index in [0.29, 0.717) is 18.8 Å². The summed E-state index contributed by atoms with van der Waals surface area (Å²) in [6, 6.07) is 11.8. The molecule has 0 atom stereocenters. The molecular formula is C15H19N3O. The van der Waals surface area contributed by atoms with E-state index in [-0.39, 0.29) is 0 Å². The van der Waals surface area contributed by atoms with Crippen LogP contribution in [0, 0.1) is 6.92 Å². The van der Waals surface area contributed by atoms with E-state index in [1.807, 2.05) is 44.2 Å². The smallest absolute Gasteiger partial charge is 0.126 e. The topological polar surface area (TPSA) is 60.2 Å². The van der Waals surface area contributed by atoms with Crippen molar-refractivity contribution in [2.45, 2.75) is 20.4 Å². The zero-order chi connectivity index (χ0) is 13.7. The molecule has 0 saturated heterocycles. The Hall–Kier alpha value is -2.23. The number of pyridine rings is 1. The molecule has 0 aliphatic heterocycles. The van der Waals surface area contributed by atoms with Crippen LogP contribution in [0.3, 0.4) is 0 Å². The number of nitrogens with two attached hydrogens (primary N) is 1. The third kappa shape index (κ3) is 3.61. The molecule has 0 bridgehead atoms. The number of aromatic nitrogens is 1. The highest BCUT2D eigenvalue weighted by Gasteiger charge is 2.00. The summed E-state index contributed by atoms with van der Waals surface area (Å²) in [5.74, 6) is 1.72. The van der Waals surface area contributed by atoms with Crippen LogP contribution in [0.1, 0.15) is 18.2 Å². The Bertz CT molecular complexity index is 555. The van der Waals surface area contributed by atoms with Crippen LogP contribution in [-0.4, -0.2) is 11.6 Å². The maximum atomic E-state index is 5.74. The number of benzene rings is 1. The van der Waals surface area contributed by atoms with E-state index in [1.54, 1.807) is 0 Å². The second-order valence-electron chi connectivity index (χ2n) is 4.31. The number of nitrogens with zero attached hydrogens (tertiary/aromatic N) is 1. The van der Waals surface area contributed by atoms with Crippen molar-refractivity contribution in [1.29, 1.82) is 0 Å². The third-order valence-electron chi connectivity index (χ3n) is 2.81. The number of rotatable bonds is 5. The first-order valence-corrected chi connectivity index (χ1v) is 6.37. The van der Waals surface area contributed by atoms with Crippen molar-refractivity contribution in [2.75, 3.05) is 17.7 Å². The molecule has 3 N–H and O–H groups in total. The van der Waals surface area contributed by atoms with Gasteiger partial charge in [-0.2, -0.15) is 0 Å². The summed E-state index contributed by atoms with van der Waals surface area (Å²) in [6.45, 7) is 5.26. The Morgan fingerprint density at radius 1 is 1.26 bits per heavy atom. The fourth-order valence-corrected chi connectivity index (χ4v) is 1.77. The molecule has 1 heterocycles. The first kappa shape index (κ1) is 13.2. The van der Waals surface area contributed by atoms with Gasteiger partial charge in [-0.25, -0.2) is 4.98 Å². The van der Waals surface area contributed by atoms with Gasteiger partial charge in [0.1, 0.15) is 11.6 Å². The summed E-state index contributed by atoms with van der Waals surface area (Å²) in [4.78, 5) is 4.38. The lowest BCUT2D eigenvalue weighted by molar-refractivity contribution is 0.340. The summed E-state index contributed by atoms with van der Waals surface area (Å²) >= 11 is 0. The van der Waals surface area contributed by atoms with Gasteiger partial charge in [0, 0.05) is 6.54 Å². The Morgan fingerprint density at radius 3 is 2.84 bits per heavy atom. The van der Waals surface area contributed by atoms with E-state index in [1.165, 1.54) is 0 Å². The minimum absolute atomic E-state index is 0.676. The number of ether oxygens (including phenoxy) is 1. The second-order valence-corrected chi connectivity index (χ2v) is 4.31. The van der Waals surface area contributed by atoms with Crippen LogP contribution < -0.4 is 15.8 Å². The van der Waals surface area contributed by atoms with Gasteiger partial charge in [-0.15, -0.1) is 0 Å². The Kier molecular flexibility index (Phi) is 4.23. The fourth-order valence-electron chi connectivity index (χ4n) is 1.77. The summed E-state index contributed by atoms with van der Waals surface area (Å²) < 4.78 is 5.47. The predicted molar refractivity (Wildman–Crippen MR) is 78.3 cm³/mol. The van der Waals surface area contributed by atoms with Gasteiger partial charge in [0.05, 0.1) is 18.0 Å². The van der Waals surface area contributed by atoms with E-state index in [9.17, 15) is 0 Å². The molecule has 0 fully saturated rings. The highest BCUT2D eigenvalue weighted by atomic mass is 16.5. The summed E-state index contributed by atoms with van der Waals surface area (Å²) in [5, 5.41) is 3.28. The zero-order valence-corrected chi connectivity index (χ0v) is 11.3. The maximum absolute atomic E-state index is 5.74. The predicted octanol–water partition coefficient (Wildman–Crippen LogP) is 2.98. The lowest BCUT2D eigenvalue weighted by Gasteiger charge is -2.09. The van der Waals surface area contributed by atoms with Crippen molar-refractivity contribution in [3.63, 3.8) is 0 Å². The average Bonchev–Trinajstić information content (AvgIpc) is 2.41. The van der Waals surface area contributed by atoms with E-state index in [2.05, 4.69) is 16.4 Å². The molecule has 2 aromatic rings. The van der Waals surface area contributed by atoms with Crippen LogP contribution in [0.5, 0.6) is 5.75 Å². The normalized spacial score (nSPS) is 10.2. The number of anilines is 2. The highest BCUT2D eigenvalue weighted by molar-refractivity contribution is 5.49. The molecular weight excluding hydrogens is 238 g/mol. The van der Waals surface area contributed by atoms with Crippen molar-refractivity contribution in [2.24, 2.45) is 0 Å². The van der Waals surface area contributed by atoms with Crippen LogP contribution in [0.25, 0.3) is 0 Å². The van der Waals surface area contributed by atoms with Crippen LogP contribution in [0.4, 0.5) is 11.5 Å². The largest absolute Gasteiger partial charge is 0.494 e. The number of nitrogen functional groups attached to an aromatic ring is 1. The minimum atomic E-state index is 0.676. The van der Waals surface area contributed by atoms with Crippen LogP contribution in [0.15, 0.2) is 36.4 Å². The molecule has 0 aliphatic carbocycles. The van der Waals surface area contributed by atoms with Crippen LogP contribution >= 0.6 is 0 Å². The van der Waals surface area contributed by atoms with Gasteiger partial charge >= 0.3 is 0 Å². The SMILES string of the molecule is CCOc1cccc(CNc2ccc(N)c(C)n2)c1. The van der Waals surface area contributed by atoms with Gasteiger partial charge in [0.2, 0.25) is 0 Å². The van der Waals surface area contributed by atoms with Crippen LogP contribution in [-0.2, 0) is 6.54 Å². The van der Waals surface area contributed by atoms with Crippen molar-refractivity contribution >= 4 is 11.5 Å². The minimum Gasteiger partial charge on any atom is -0.494 e. The summed E-state index contributed by atoms with van der Waals surface area (Å²) in [5.41, 5.74) is 8.45. The monoisotopic (exact) mass is 257 g/mol. The fraction of sp³-hybridized carbons (Fsp3) is 0.267. The molecule has 19 heavy (non-hydrogen) atoms. The number of aryl methyl sites for hydroxylation is 1. The highest BCUT2D eigenvalue weighted by Crippen LogP contribution is 2.16. The van der Waals surface area contributed by atoms with Gasteiger partial charge in [-0.1, -0.05) is 12.1 Å². The molecule has 2 rings (SSSR count). The molecule has 4 heteroatoms. The van der Waals surface area contributed by atoms with Crippen LogP contribution in [0.2, 0.25) is 0 Å². The quantitative estimate of drug-likeness (QED) is 0.864. The second kappa shape index (κ2) is 6.09. The average molecular weight is 257 g/mol. The molecule has 0 aliphatic rings. The molecule has 4 nitrogen and oxygen atoms in total. The number of hydrogen-bond acceptors (Lipinski definition) is 4. The van der Waals surface area contributed by atoms with E-state index >= 15 is 0 Å². The van der Waals surface area contributed by atoms with Crippen molar-refractivity contribution in [3.8, 4) is 5.75 Å². The van der Waals surface area contributed by atoms with Crippen molar-refractivity contribution in [1.82, 2.24) is 4.98 Å². The van der Waals surface area contributed by atoms with Gasteiger partial charge in [0.25, 0.3) is 0 Å². The Balaban J connectivity index is 2.01. The summed E-state index contributed by atoms with van der Waals surface area (Å²) in [7, 11) is 0. The number of hydrogen-bond donors (Lipinski definition) is 2. The molecule has 0 radical (unpaired) electrons. The van der Waals surface area contributed by atoms with E-state index in [0.717, 1.165) is 22.8 Å². The molecule has 1 aromatic heterocycles. The van der Waals surface area contributed by atoms with E-state index < -0.39 is 0 Å². The molecule has 100 valence electrons. The molecule has 0 unspecified atom stereocenters. The van der Waals surface area contributed by atoms with Crippen molar-refractivity contribution in [3.05, 3.63) is 47.7 Å². The maximum Gasteiger partial charge on any atom is 0.126 e. The molecule has 0 spiro atoms. The van der Waals surface area contributed by atoms with Gasteiger partial charge in [-0.05, 0) is 43.7 Å². The first-order valence-electron chi connectivity index (χ1n) is 6.37. The lowest BCUT2D eigenvalue weighted by Crippen LogP contribution is -2.03. The van der Waals surface area contributed by atoms with Gasteiger partial charge in [-0.3, -0.25) is 0 Å². The van der Waals surface area contributed by atoms with Gasteiger partial charge in [0.15, 0.2) is 0 Å². The zero-order valence-electron chi connectivity index (χ0n) is 11.3. The Morgan fingerprint density at radius 2 is 2.11 bits per heavy atom. The van der Waals surface area contributed by atoms with Crippen molar-refractivity contribution < 1.29 is 4.74 Å². The van der Waals surface area contributed by atoms with Gasteiger partial charge < -0.3 is 15.8 Å². The lowest BCUT2D eigenvalue weighted by atomic mass is 10.2. The third-order valence-corrected chi connectivity index (χ3v) is 2.81. The standard InChI is InChI=1S/C15H19N3O/c1-3-19-13-6-4-5-12(9-13)10-17-15-8-7-14(16)11(2)18-15/h4-9H,3,10,16H2,1-2H3,(H,17,18). The molecule has 0 amide bonds.